The van der Waals surface area contributed by atoms with Crippen molar-refractivity contribution in [1.29, 1.82) is 0 Å². The molecule has 2 rings (SSSR count). The summed E-state index contributed by atoms with van der Waals surface area (Å²) in [6, 6.07) is 4.72. The zero-order valence-electron chi connectivity index (χ0n) is 10.4. The third-order valence-corrected chi connectivity index (χ3v) is 3.18. The number of nitrogens with two attached hydrogens (primary N) is 1. The Hall–Kier alpha value is -1.75. The van der Waals surface area contributed by atoms with Gasteiger partial charge in [0.25, 0.3) is 5.91 Å². The van der Waals surface area contributed by atoms with Crippen LogP contribution in [0.5, 0.6) is 11.5 Å². The topological polar surface area (TPSA) is 75.8 Å². The lowest BCUT2D eigenvalue weighted by Crippen LogP contribution is -2.45. The lowest BCUT2D eigenvalue weighted by Gasteiger charge is -2.31. The number of methoxy groups -OCH3 is 1. The van der Waals surface area contributed by atoms with Gasteiger partial charge in [-0.15, -0.1) is 0 Å². The fraction of sp³-hybridized carbons (Fsp3) is 0.462. The van der Waals surface area contributed by atoms with Crippen LogP contribution in [0.3, 0.4) is 0 Å². The highest BCUT2D eigenvalue weighted by molar-refractivity contribution is 5.97. The van der Waals surface area contributed by atoms with Crippen LogP contribution in [0.4, 0.5) is 0 Å². The first-order valence-corrected chi connectivity index (χ1v) is 6.03. The van der Waals surface area contributed by atoms with Gasteiger partial charge in [-0.2, -0.15) is 0 Å². The summed E-state index contributed by atoms with van der Waals surface area (Å²) in [7, 11) is 1.51. The Bertz CT molecular complexity index is 448. The van der Waals surface area contributed by atoms with Crippen molar-refractivity contribution in [1.82, 2.24) is 4.90 Å². The van der Waals surface area contributed by atoms with E-state index < -0.39 is 0 Å². The molecule has 1 amide bonds. The van der Waals surface area contributed by atoms with Crippen molar-refractivity contribution in [3.05, 3.63) is 23.8 Å². The van der Waals surface area contributed by atoms with Gasteiger partial charge in [-0.1, -0.05) is 0 Å². The van der Waals surface area contributed by atoms with Crippen LogP contribution in [0.2, 0.25) is 0 Å². The molecule has 18 heavy (non-hydrogen) atoms. The van der Waals surface area contributed by atoms with E-state index in [9.17, 15) is 9.90 Å². The predicted molar refractivity (Wildman–Crippen MR) is 67.8 cm³/mol. The summed E-state index contributed by atoms with van der Waals surface area (Å²) in [6.45, 7) is 1.24. The summed E-state index contributed by atoms with van der Waals surface area (Å²) in [5.74, 6) is 0.295. The van der Waals surface area contributed by atoms with Gasteiger partial charge in [-0.3, -0.25) is 4.79 Å². The number of hydrogen-bond donors (Lipinski definition) is 2. The van der Waals surface area contributed by atoms with Gasteiger partial charge in [0.1, 0.15) is 11.5 Å². The monoisotopic (exact) mass is 250 g/mol. The molecule has 0 aromatic heterocycles. The minimum atomic E-state index is -0.176. The Labute approximate surface area is 106 Å². The summed E-state index contributed by atoms with van der Waals surface area (Å²) >= 11 is 0. The van der Waals surface area contributed by atoms with Gasteiger partial charge in [-0.25, -0.2) is 0 Å². The van der Waals surface area contributed by atoms with Crippen LogP contribution in [-0.2, 0) is 0 Å². The molecule has 98 valence electrons. The molecule has 1 heterocycles. The summed E-state index contributed by atoms with van der Waals surface area (Å²) < 4.78 is 4.99. The molecule has 0 bridgehead atoms. The number of nitrogens with zero attached hydrogens (tertiary/aromatic N) is 1. The van der Waals surface area contributed by atoms with Crippen molar-refractivity contribution in [3.63, 3.8) is 0 Å². The number of phenols is 1. The van der Waals surface area contributed by atoms with Crippen molar-refractivity contribution >= 4 is 5.91 Å². The van der Waals surface area contributed by atoms with Crippen LogP contribution in [-0.4, -0.2) is 42.2 Å². The number of phenolic OH excluding ortho intramolecular Hbond substituents is 1. The van der Waals surface area contributed by atoms with Crippen molar-refractivity contribution < 1.29 is 14.6 Å². The molecule has 1 aromatic rings. The molecule has 0 spiro atoms. The van der Waals surface area contributed by atoms with E-state index in [-0.39, 0.29) is 17.7 Å². The van der Waals surface area contributed by atoms with E-state index in [4.69, 9.17) is 10.5 Å². The lowest BCUT2D eigenvalue weighted by atomic mass is 10.0. The first kappa shape index (κ1) is 12.7. The molecule has 0 unspecified atom stereocenters. The number of amides is 1. The number of carbonyl (C=O) groups is 1. The van der Waals surface area contributed by atoms with E-state index in [1.165, 1.54) is 13.2 Å². The summed E-state index contributed by atoms with van der Waals surface area (Å²) in [5.41, 5.74) is 6.14. The lowest BCUT2D eigenvalue weighted by molar-refractivity contribution is 0.0705. The highest BCUT2D eigenvalue weighted by atomic mass is 16.5. The normalized spacial score (nSPS) is 19.7. The Morgan fingerprint density at radius 1 is 1.56 bits per heavy atom. The van der Waals surface area contributed by atoms with Crippen molar-refractivity contribution in [3.8, 4) is 11.5 Å². The average molecular weight is 250 g/mol. The maximum atomic E-state index is 12.2. The van der Waals surface area contributed by atoms with E-state index in [1.54, 1.807) is 17.0 Å². The fourth-order valence-electron chi connectivity index (χ4n) is 2.18. The summed E-state index contributed by atoms with van der Waals surface area (Å²) in [5, 5.41) is 9.83. The first-order chi connectivity index (χ1) is 8.61. The van der Waals surface area contributed by atoms with Gasteiger partial charge >= 0.3 is 0 Å². The van der Waals surface area contributed by atoms with E-state index in [1.807, 2.05) is 0 Å². The molecule has 5 nitrogen and oxygen atoms in total. The molecule has 0 aliphatic carbocycles. The van der Waals surface area contributed by atoms with Crippen molar-refractivity contribution in [2.24, 2.45) is 5.73 Å². The maximum absolute atomic E-state index is 12.2. The number of carbonyl (C=O) groups excluding carboxylic acids is 1. The van der Waals surface area contributed by atoms with Crippen LogP contribution in [0.15, 0.2) is 18.2 Å². The van der Waals surface area contributed by atoms with E-state index in [2.05, 4.69) is 0 Å². The Kier molecular flexibility index (Phi) is 3.72. The van der Waals surface area contributed by atoms with Gasteiger partial charge < -0.3 is 20.5 Å². The fourth-order valence-corrected chi connectivity index (χ4v) is 2.18. The van der Waals surface area contributed by atoms with Crippen LogP contribution >= 0.6 is 0 Å². The molecule has 1 aromatic carbocycles. The number of ether oxygens (including phenoxy) is 1. The zero-order valence-corrected chi connectivity index (χ0v) is 10.4. The minimum absolute atomic E-state index is 0.0306. The van der Waals surface area contributed by atoms with Gasteiger partial charge in [-0.05, 0) is 25.0 Å². The molecule has 1 atom stereocenters. The minimum Gasteiger partial charge on any atom is -0.507 e. The standard InChI is InChI=1S/C13H18N2O3/c1-18-10-4-5-11(12(16)7-10)13(17)15-6-2-3-9(14)8-15/h4-5,7,9,16H,2-3,6,8,14H2,1H3/t9-/m1/s1. The molecule has 1 saturated heterocycles. The molecular weight excluding hydrogens is 232 g/mol. The largest absolute Gasteiger partial charge is 0.507 e. The van der Waals surface area contributed by atoms with Crippen LogP contribution in [0.1, 0.15) is 23.2 Å². The van der Waals surface area contributed by atoms with E-state index >= 15 is 0 Å². The van der Waals surface area contributed by atoms with Gasteiger partial charge in [0.15, 0.2) is 0 Å². The SMILES string of the molecule is COc1ccc(C(=O)N2CCC[C@@H](N)C2)c(O)c1. The third kappa shape index (κ3) is 2.56. The van der Waals surface area contributed by atoms with Gasteiger partial charge in [0, 0.05) is 25.2 Å². The Morgan fingerprint density at radius 3 is 2.94 bits per heavy atom. The first-order valence-electron chi connectivity index (χ1n) is 6.03. The quantitative estimate of drug-likeness (QED) is 0.820. The second-order valence-corrected chi connectivity index (χ2v) is 4.54. The molecule has 1 aliphatic rings. The smallest absolute Gasteiger partial charge is 0.257 e. The predicted octanol–water partition coefficient (Wildman–Crippen LogP) is 0.964. The number of benzene rings is 1. The van der Waals surface area contributed by atoms with Crippen LogP contribution in [0, 0.1) is 0 Å². The second kappa shape index (κ2) is 5.27. The zero-order chi connectivity index (χ0) is 13.1. The number of aromatic hydroxyl groups is 1. The van der Waals surface area contributed by atoms with Crippen molar-refractivity contribution in [2.45, 2.75) is 18.9 Å². The van der Waals surface area contributed by atoms with Crippen LogP contribution in [0.25, 0.3) is 0 Å². The van der Waals surface area contributed by atoms with Crippen molar-refractivity contribution in [2.75, 3.05) is 20.2 Å². The van der Waals surface area contributed by atoms with Gasteiger partial charge in [0.2, 0.25) is 0 Å². The number of hydrogen-bond acceptors (Lipinski definition) is 4. The maximum Gasteiger partial charge on any atom is 0.257 e. The molecule has 3 N–H and O–H groups in total. The second-order valence-electron chi connectivity index (χ2n) is 4.54. The highest BCUT2D eigenvalue weighted by Crippen LogP contribution is 2.25. The summed E-state index contributed by atoms with van der Waals surface area (Å²) in [4.78, 5) is 13.9. The highest BCUT2D eigenvalue weighted by Gasteiger charge is 2.24. The Morgan fingerprint density at radius 2 is 2.33 bits per heavy atom. The average Bonchev–Trinajstić information content (AvgIpc) is 2.37. The van der Waals surface area contributed by atoms with Gasteiger partial charge in [0.05, 0.1) is 12.7 Å². The molecule has 1 fully saturated rings. The molecule has 0 radical (unpaired) electrons. The third-order valence-electron chi connectivity index (χ3n) is 3.18. The number of rotatable bonds is 2. The van der Waals surface area contributed by atoms with E-state index in [0.717, 1.165) is 12.8 Å². The van der Waals surface area contributed by atoms with Crippen LogP contribution < -0.4 is 10.5 Å². The summed E-state index contributed by atoms with van der Waals surface area (Å²) in [6.07, 6.45) is 1.85. The molecule has 1 aliphatic heterocycles. The molecule has 5 heteroatoms. The number of likely N-dealkylation sites (tertiary alicyclic amines) is 1. The van der Waals surface area contributed by atoms with E-state index in [0.29, 0.717) is 24.4 Å². The molecule has 0 saturated carbocycles. The Balaban J connectivity index is 2.17. The number of piperidine rings is 1. The molecular formula is C13H18N2O3.